The number of aromatic nitrogens is 1. The number of furan rings is 1. The topological polar surface area (TPSA) is 93.7 Å². The molecule has 0 amide bonds. The number of nitrogens with one attached hydrogen (secondary N) is 1. The Morgan fingerprint density at radius 2 is 2.03 bits per heavy atom. The highest BCUT2D eigenvalue weighted by molar-refractivity contribution is 7.80. The van der Waals surface area contributed by atoms with Crippen LogP contribution >= 0.6 is 12.2 Å². The van der Waals surface area contributed by atoms with Gasteiger partial charge in [0.05, 0.1) is 22.8 Å². The zero-order valence-electron chi connectivity index (χ0n) is 17.2. The van der Waals surface area contributed by atoms with E-state index in [1.54, 1.807) is 18.3 Å². The Labute approximate surface area is 190 Å². The molecule has 0 unspecified atom stereocenters. The van der Waals surface area contributed by atoms with E-state index in [2.05, 4.69) is 15.2 Å². The van der Waals surface area contributed by atoms with E-state index < -0.39 is 4.92 Å². The SMILES string of the molecule is O=[N+]([O-])c1ccc(-c2ccc([C@H]3[C@H](c4ccccn4)NC(=S)N3C[C@@H]3CCCO3)o2)cc1. The summed E-state index contributed by atoms with van der Waals surface area (Å²) in [5.74, 6) is 1.39. The smallest absolute Gasteiger partial charge is 0.269 e. The molecular formula is C23H22N4O4S. The van der Waals surface area contributed by atoms with Gasteiger partial charge in [0.1, 0.15) is 17.6 Å². The second-order valence-corrected chi connectivity index (χ2v) is 8.31. The lowest BCUT2D eigenvalue weighted by Gasteiger charge is -2.28. The summed E-state index contributed by atoms with van der Waals surface area (Å²) in [6, 6.07) is 15.6. The highest BCUT2D eigenvalue weighted by Crippen LogP contribution is 2.41. The van der Waals surface area contributed by atoms with Crippen molar-refractivity contribution in [1.82, 2.24) is 15.2 Å². The zero-order valence-corrected chi connectivity index (χ0v) is 18.0. The Bertz CT molecular complexity index is 1110. The number of ether oxygens (including phenoxy) is 1. The van der Waals surface area contributed by atoms with Crippen LogP contribution in [0.4, 0.5) is 5.69 Å². The molecule has 164 valence electrons. The van der Waals surface area contributed by atoms with Gasteiger partial charge in [0, 0.05) is 37.0 Å². The number of nitrogens with zero attached hydrogens (tertiary/aromatic N) is 3. The molecule has 8 nitrogen and oxygen atoms in total. The van der Waals surface area contributed by atoms with Crippen LogP contribution in [0.5, 0.6) is 0 Å². The van der Waals surface area contributed by atoms with Gasteiger partial charge in [-0.15, -0.1) is 0 Å². The average Bonchev–Trinajstić information content (AvgIpc) is 3.56. The summed E-state index contributed by atoms with van der Waals surface area (Å²) in [6.07, 6.45) is 3.96. The maximum atomic E-state index is 10.9. The third-order valence-corrected chi connectivity index (χ3v) is 6.26. The molecule has 2 saturated heterocycles. The number of pyridine rings is 1. The van der Waals surface area contributed by atoms with Gasteiger partial charge < -0.3 is 19.4 Å². The molecule has 0 spiro atoms. The van der Waals surface area contributed by atoms with Gasteiger partial charge in [-0.05, 0) is 61.5 Å². The van der Waals surface area contributed by atoms with Gasteiger partial charge in [-0.25, -0.2) is 0 Å². The van der Waals surface area contributed by atoms with Gasteiger partial charge in [0.2, 0.25) is 0 Å². The number of nitro groups is 1. The first kappa shape index (κ1) is 20.6. The summed E-state index contributed by atoms with van der Waals surface area (Å²) in [5.41, 5.74) is 1.70. The molecule has 4 heterocycles. The second kappa shape index (κ2) is 8.68. The predicted octanol–water partition coefficient (Wildman–Crippen LogP) is 4.40. The molecule has 0 bridgehead atoms. The number of non-ortho nitro benzene ring substituents is 1. The van der Waals surface area contributed by atoms with Crippen LogP contribution in [0.15, 0.2) is 65.2 Å². The maximum absolute atomic E-state index is 10.9. The van der Waals surface area contributed by atoms with E-state index in [0.717, 1.165) is 36.5 Å². The highest BCUT2D eigenvalue weighted by atomic mass is 32.1. The fourth-order valence-electron chi connectivity index (χ4n) is 4.33. The summed E-state index contributed by atoms with van der Waals surface area (Å²) in [6.45, 7) is 1.45. The predicted molar refractivity (Wildman–Crippen MR) is 122 cm³/mol. The lowest BCUT2D eigenvalue weighted by atomic mass is 10.0. The third-order valence-electron chi connectivity index (χ3n) is 5.90. The number of nitro benzene ring substituents is 1. The molecule has 2 aromatic heterocycles. The van der Waals surface area contributed by atoms with Crippen molar-refractivity contribution in [3.8, 4) is 11.3 Å². The van der Waals surface area contributed by atoms with Crippen molar-refractivity contribution in [3.63, 3.8) is 0 Å². The van der Waals surface area contributed by atoms with Crippen molar-refractivity contribution in [2.45, 2.75) is 31.0 Å². The lowest BCUT2D eigenvalue weighted by molar-refractivity contribution is -0.384. The molecule has 1 N–H and O–H groups in total. The van der Waals surface area contributed by atoms with E-state index in [4.69, 9.17) is 21.4 Å². The van der Waals surface area contributed by atoms with Gasteiger partial charge >= 0.3 is 0 Å². The van der Waals surface area contributed by atoms with Crippen LogP contribution in [0.25, 0.3) is 11.3 Å². The van der Waals surface area contributed by atoms with Crippen LogP contribution < -0.4 is 5.32 Å². The number of hydrogen-bond donors (Lipinski definition) is 1. The van der Waals surface area contributed by atoms with Crippen molar-refractivity contribution in [2.75, 3.05) is 13.2 Å². The Morgan fingerprint density at radius 1 is 1.19 bits per heavy atom. The van der Waals surface area contributed by atoms with Gasteiger partial charge in [0.15, 0.2) is 5.11 Å². The minimum Gasteiger partial charge on any atom is -0.459 e. The minimum absolute atomic E-state index is 0.0452. The van der Waals surface area contributed by atoms with Crippen molar-refractivity contribution in [2.24, 2.45) is 0 Å². The summed E-state index contributed by atoms with van der Waals surface area (Å²) in [7, 11) is 0. The summed E-state index contributed by atoms with van der Waals surface area (Å²) in [5, 5.41) is 15.0. The van der Waals surface area contributed by atoms with Crippen molar-refractivity contribution in [3.05, 3.63) is 82.4 Å². The molecule has 3 aromatic rings. The number of benzene rings is 1. The molecule has 1 aromatic carbocycles. The van der Waals surface area contributed by atoms with Crippen LogP contribution in [0, 0.1) is 10.1 Å². The van der Waals surface area contributed by atoms with Crippen LogP contribution in [-0.4, -0.2) is 39.2 Å². The summed E-state index contributed by atoms with van der Waals surface area (Å²) < 4.78 is 12.1. The van der Waals surface area contributed by atoms with E-state index in [9.17, 15) is 10.1 Å². The lowest BCUT2D eigenvalue weighted by Crippen LogP contribution is -2.36. The standard InChI is InChI=1S/C23H22N4O4S/c28-27(29)16-8-6-15(7-9-16)19-10-11-20(31-19)22-21(18-5-1-2-12-24-18)25-23(32)26(22)14-17-4-3-13-30-17/h1-2,5-12,17,21-22H,3-4,13-14H2,(H,25,32)/t17-,21-,22-/m0/s1. The third kappa shape index (κ3) is 3.96. The normalized spacial score (nSPS) is 22.8. The molecule has 2 aliphatic rings. The number of thiocarbonyl (C=S) groups is 1. The second-order valence-electron chi connectivity index (χ2n) is 7.92. The summed E-state index contributed by atoms with van der Waals surface area (Å²) in [4.78, 5) is 17.2. The first-order valence-electron chi connectivity index (χ1n) is 10.5. The molecule has 5 rings (SSSR count). The molecule has 32 heavy (non-hydrogen) atoms. The molecule has 9 heteroatoms. The Morgan fingerprint density at radius 3 is 2.72 bits per heavy atom. The number of rotatable bonds is 6. The quantitative estimate of drug-likeness (QED) is 0.336. The zero-order chi connectivity index (χ0) is 22.1. The molecule has 3 atom stereocenters. The largest absolute Gasteiger partial charge is 0.459 e. The first-order chi connectivity index (χ1) is 15.6. The average molecular weight is 451 g/mol. The van der Waals surface area contributed by atoms with E-state index in [-0.39, 0.29) is 23.9 Å². The van der Waals surface area contributed by atoms with E-state index in [1.807, 2.05) is 30.3 Å². The minimum atomic E-state index is -0.414. The fraction of sp³-hybridized carbons (Fsp3) is 0.304. The van der Waals surface area contributed by atoms with E-state index >= 15 is 0 Å². The molecule has 0 aliphatic carbocycles. The van der Waals surface area contributed by atoms with E-state index in [0.29, 0.717) is 17.4 Å². The van der Waals surface area contributed by atoms with Crippen LogP contribution in [-0.2, 0) is 4.74 Å². The highest BCUT2D eigenvalue weighted by Gasteiger charge is 2.42. The van der Waals surface area contributed by atoms with Crippen molar-refractivity contribution < 1.29 is 14.1 Å². The number of hydrogen-bond acceptors (Lipinski definition) is 6. The van der Waals surface area contributed by atoms with Crippen LogP contribution in [0.2, 0.25) is 0 Å². The van der Waals surface area contributed by atoms with Crippen LogP contribution in [0.1, 0.15) is 36.4 Å². The van der Waals surface area contributed by atoms with Gasteiger partial charge in [-0.1, -0.05) is 6.07 Å². The molecule has 0 radical (unpaired) electrons. The fourth-order valence-corrected chi connectivity index (χ4v) is 4.65. The molecule has 2 aliphatic heterocycles. The maximum Gasteiger partial charge on any atom is 0.269 e. The molecule has 2 fully saturated rings. The van der Waals surface area contributed by atoms with Crippen molar-refractivity contribution in [1.29, 1.82) is 0 Å². The Balaban J connectivity index is 1.48. The van der Waals surface area contributed by atoms with Gasteiger partial charge in [-0.2, -0.15) is 0 Å². The van der Waals surface area contributed by atoms with Crippen molar-refractivity contribution >= 4 is 23.0 Å². The first-order valence-corrected chi connectivity index (χ1v) is 11.0. The monoisotopic (exact) mass is 450 g/mol. The molecular weight excluding hydrogens is 428 g/mol. The van der Waals surface area contributed by atoms with E-state index in [1.165, 1.54) is 12.1 Å². The van der Waals surface area contributed by atoms with Crippen LogP contribution in [0.3, 0.4) is 0 Å². The van der Waals surface area contributed by atoms with Gasteiger partial charge in [0.25, 0.3) is 5.69 Å². The van der Waals surface area contributed by atoms with Gasteiger partial charge in [-0.3, -0.25) is 15.1 Å². The molecule has 0 saturated carbocycles. The Hall–Kier alpha value is -3.30. The Kier molecular flexibility index (Phi) is 5.59. The summed E-state index contributed by atoms with van der Waals surface area (Å²) >= 11 is 5.69.